The van der Waals surface area contributed by atoms with Crippen molar-refractivity contribution in [3.05, 3.63) is 0 Å². The van der Waals surface area contributed by atoms with E-state index in [2.05, 4.69) is 37.1 Å². The monoisotopic (exact) mass is 277 g/mol. The molecule has 0 spiro atoms. The molecule has 2 rings (SSSR count). The van der Waals surface area contributed by atoms with Gasteiger partial charge in [-0.25, -0.2) is 0 Å². The second-order valence-corrected chi connectivity index (χ2v) is 7.58. The number of rotatable bonds is 6. The van der Waals surface area contributed by atoms with E-state index in [0.29, 0.717) is 11.3 Å². The van der Waals surface area contributed by atoms with Gasteiger partial charge in [0.1, 0.15) is 5.54 Å². The van der Waals surface area contributed by atoms with Crippen LogP contribution in [-0.4, -0.2) is 36.6 Å². The highest BCUT2D eigenvalue weighted by atomic mass is 15.2. The third-order valence-corrected chi connectivity index (χ3v) is 5.07. The highest BCUT2D eigenvalue weighted by Crippen LogP contribution is 2.40. The van der Waals surface area contributed by atoms with E-state index >= 15 is 0 Å². The molecule has 1 saturated carbocycles. The zero-order chi connectivity index (χ0) is 14.6. The number of nitrogens with one attached hydrogen (secondary N) is 1. The number of nitrogens with zero attached hydrogens (tertiary/aromatic N) is 2. The number of likely N-dealkylation sites (tertiary alicyclic amines) is 1. The molecule has 1 saturated heterocycles. The van der Waals surface area contributed by atoms with Crippen molar-refractivity contribution in [1.29, 1.82) is 5.26 Å². The van der Waals surface area contributed by atoms with Crippen LogP contribution in [-0.2, 0) is 0 Å². The van der Waals surface area contributed by atoms with Crippen LogP contribution in [0.3, 0.4) is 0 Å². The molecule has 1 unspecified atom stereocenters. The first kappa shape index (κ1) is 15.8. The predicted octanol–water partition coefficient (Wildman–Crippen LogP) is 3.17. The molecular weight excluding hydrogens is 246 g/mol. The Morgan fingerprint density at radius 3 is 2.65 bits per heavy atom. The van der Waals surface area contributed by atoms with Gasteiger partial charge in [-0.3, -0.25) is 5.32 Å². The summed E-state index contributed by atoms with van der Waals surface area (Å²) in [6, 6.07) is 2.65. The second kappa shape index (κ2) is 6.45. The maximum Gasteiger partial charge on any atom is 0.122 e. The first-order valence-electron chi connectivity index (χ1n) is 8.40. The summed E-state index contributed by atoms with van der Waals surface area (Å²) in [7, 11) is 0. The number of hydrogen-bond donors (Lipinski definition) is 1. The van der Waals surface area contributed by atoms with Gasteiger partial charge in [-0.15, -0.1) is 0 Å². The van der Waals surface area contributed by atoms with Crippen molar-refractivity contribution in [3.8, 4) is 6.07 Å². The van der Waals surface area contributed by atoms with E-state index in [-0.39, 0.29) is 5.54 Å². The number of nitriles is 1. The summed E-state index contributed by atoms with van der Waals surface area (Å²) in [5, 5.41) is 13.4. The average molecular weight is 277 g/mol. The smallest absolute Gasteiger partial charge is 0.122 e. The van der Waals surface area contributed by atoms with Crippen molar-refractivity contribution in [2.75, 3.05) is 26.2 Å². The van der Waals surface area contributed by atoms with Gasteiger partial charge in [0.25, 0.3) is 0 Å². The molecule has 1 atom stereocenters. The van der Waals surface area contributed by atoms with Crippen molar-refractivity contribution in [2.24, 2.45) is 11.3 Å². The molecule has 0 amide bonds. The highest BCUT2D eigenvalue weighted by Gasteiger charge is 2.46. The summed E-state index contributed by atoms with van der Waals surface area (Å²) in [5.74, 6) is 0.579. The highest BCUT2D eigenvalue weighted by molar-refractivity contribution is 5.16. The van der Waals surface area contributed by atoms with Crippen LogP contribution in [0.4, 0.5) is 0 Å². The van der Waals surface area contributed by atoms with Crippen molar-refractivity contribution in [3.63, 3.8) is 0 Å². The molecular formula is C17H31N3. The lowest BCUT2D eigenvalue weighted by molar-refractivity contribution is 0.194. The summed E-state index contributed by atoms with van der Waals surface area (Å²) in [5.41, 5.74) is 0.185. The molecule has 1 N–H and O–H groups in total. The van der Waals surface area contributed by atoms with Crippen molar-refractivity contribution in [2.45, 2.75) is 64.8 Å². The van der Waals surface area contributed by atoms with Crippen molar-refractivity contribution < 1.29 is 0 Å². The second-order valence-electron chi connectivity index (χ2n) is 7.58. The van der Waals surface area contributed by atoms with E-state index < -0.39 is 0 Å². The standard InChI is InChI=1S/C17H31N3/c1-4-10-19-17(13-18,15-6-7-15)14-20-11-5-8-16(2,3)9-12-20/h15,19H,4-12,14H2,1-3H3. The van der Waals surface area contributed by atoms with Gasteiger partial charge in [0.2, 0.25) is 0 Å². The zero-order valence-corrected chi connectivity index (χ0v) is 13.5. The van der Waals surface area contributed by atoms with Gasteiger partial charge in [-0.1, -0.05) is 20.8 Å². The van der Waals surface area contributed by atoms with E-state index in [1.165, 1.54) is 32.1 Å². The molecule has 3 heteroatoms. The molecule has 0 bridgehead atoms. The lowest BCUT2D eigenvalue weighted by Gasteiger charge is -2.34. The van der Waals surface area contributed by atoms with Crippen LogP contribution in [0.25, 0.3) is 0 Å². The van der Waals surface area contributed by atoms with E-state index in [0.717, 1.165) is 32.6 Å². The Morgan fingerprint density at radius 2 is 2.05 bits per heavy atom. The largest absolute Gasteiger partial charge is 0.300 e. The fourth-order valence-corrected chi connectivity index (χ4v) is 3.41. The van der Waals surface area contributed by atoms with Crippen LogP contribution < -0.4 is 5.32 Å². The summed E-state index contributed by atoms with van der Waals surface area (Å²) in [6.45, 7) is 11.1. The van der Waals surface area contributed by atoms with Gasteiger partial charge in [0.15, 0.2) is 0 Å². The minimum absolute atomic E-state index is 0.287. The first-order chi connectivity index (χ1) is 9.51. The Labute approximate surface area is 124 Å². The first-order valence-corrected chi connectivity index (χ1v) is 8.40. The van der Waals surface area contributed by atoms with Crippen LogP contribution in [0.15, 0.2) is 0 Å². The van der Waals surface area contributed by atoms with Crippen molar-refractivity contribution >= 4 is 0 Å². The van der Waals surface area contributed by atoms with Crippen molar-refractivity contribution in [1.82, 2.24) is 10.2 Å². The quantitative estimate of drug-likeness (QED) is 0.810. The summed E-state index contributed by atoms with van der Waals surface area (Å²) < 4.78 is 0. The zero-order valence-electron chi connectivity index (χ0n) is 13.5. The molecule has 1 heterocycles. The summed E-state index contributed by atoms with van der Waals surface area (Å²) in [4.78, 5) is 2.54. The Bertz CT molecular complexity index is 354. The molecule has 0 aromatic rings. The van der Waals surface area contributed by atoms with Gasteiger partial charge in [0, 0.05) is 6.54 Å². The average Bonchev–Trinajstić information content (AvgIpc) is 3.24. The van der Waals surface area contributed by atoms with E-state index in [4.69, 9.17) is 0 Å². The van der Waals surface area contributed by atoms with Gasteiger partial charge in [0.05, 0.1) is 6.07 Å². The van der Waals surface area contributed by atoms with Gasteiger partial charge in [-0.2, -0.15) is 5.26 Å². The van der Waals surface area contributed by atoms with Crippen LogP contribution in [0.5, 0.6) is 0 Å². The molecule has 3 nitrogen and oxygen atoms in total. The van der Waals surface area contributed by atoms with Crippen LogP contribution in [0.2, 0.25) is 0 Å². The van der Waals surface area contributed by atoms with Crippen LogP contribution >= 0.6 is 0 Å². The van der Waals surface area contributed by atoms with Gasteiger partial charge < -0.3 is 4.90 Å². The molecule has 1 aliphatic carbocycles. The summed E-state index contributed by atoms with van der Waals surface area (Å²) >= 11 is 0. The Kier molecular flexibility index (Phi) is 5.09. The summed E-state index contributed by atoms with van der Waals surface area (Å²) in [6.07, 6.45) is 7.39. The molecule has 0 radical (unpaired) electrons. The van der Waals surface area contributed by atoms with E-state index in [1.807, 2.05) is 0 Å². The molecule has 2 aliphatic rings. The molecule has 1 aliphatic heterocycles. The normalized spacial score (nSPS) is 26.5. The minimum atomic E-state index is -0.287. The number of hydrogen-bond acceptors (Lipinski definition) is 3. The fraction of sp³-hybridized carbons (Fsp3) is 0.941. The Hall–Kier alpha value is -0.590. The molecule has 114 valence electrons. The van der Waals surface area contributed by atoms with E-state index in [9.17, 15) is 5.26 Å². The predicted molar refractivity (Wildman–Crippen MR) is 83.4 cm³/mol. The Morgan fingerprint density at radius 1 is 1.30 bits per heavy atom. The molecule has 0 aromatic heterocycles. The van der Waals surface area contributed by atoms with E-state index in [1.54, 1.807) is 0 Å². The lowest BCUT2D eigenvalue weighted by Crippen LogP contribution is -2.54. The third kappa shape index (κ3) is 3.96. The van der Waals surface area contributed by atoms with Crippen LogP contribution in [0, 0.1) is 22.7 Å². The third-order valence-electron chi connectivity index (χ3n) is 5.07. The maximum absolute atomic E-state index is 9.78. The lowest BCUT2D eigenvalue weighted by atomic mass is 9.85. The molecule has 0 aromatic carbocycles. The van der Waals surface area contributed by atoms with Gasteiger partial charge >= 0.3 is 0 Å². The maximum atomic E-state index is 9.78. The fourth-order valence-electron chi connectivity index (χ4n) is 3.41. The van der Waals surface area contributed by atoms with Gasteiger partial charge in [-0.05, 0) is 69.5 Å². The minimum Gasteiger partial charge on any atom is -0.300 e. The molecule has 2 fully saturated rings. The Balaban J connectivity index is 1.98. The van der Waals surface area contributed by atoms with Crippen LogP contribution in [0.1, 0.15) is 59.3 Å². The SMILES string of the molecule is CCCNC(C#N)(CN1CCCC(C)(C)CC1)C1CC1. The molecule has 20 heavy (non-hydrogen) atoms. The topological polar surface area (TPSA) is 39.1 Å².